The van der Waals surface area contributed by atoms with Gasteiger partial charge < -0.3 is 39.5 Å². The molecular formula is C17H20N5O13P3. The molecule has 21 heteroatoms. The molecule has 0 radical (unpaired) electrons. The summed E-state index contributed by atoms with van der Waals surface area (Å²) in [5.41, 5.74) is 7.14. The maximum atomic E-state index is 12.2. The predicted octanol–water partition coefficient (Wildman–Crippen LogP) is 1.13. The minimum atomic E-state index is -5.69. The van der Waals surface area contributed by atoms with Crippen LogP contribution in [0.2, 0.25) is 0 Å². The molecule has 206 valence electrons. The standard InChI is InChI=1S/C17H20N5O13P3/c18-14-11-15(20-7-19-14)22(8-21-11)16-13-12(32-17(33-13)9-4-2-1-3-5-9)10(31-16)6-30-37(26,27)35-38(28,29)34-36(23,24)25/h1-5,7-8,10,12-13,16-17H,6H2,(H,26,27)(H,28,29)(H2,18,19,20)(H2,23,24,25)/t10-,12-,13-,16-,17?/m1/s1. The van der Waals surface area contributed by atoms with Crippen molar-refractivity contribution in [2.24, 2.45) is 0 Å². The number of nitrogen functional groups attached to an aromatic ring is 1. The lowest BCUT2D eigenvalue weighted by Crippen LogP contribution is -2.31. The first kappa shape index (κ1) is 27.4. The van der Waals surface area contributed by atoms with Gasteiger partial charge in [-0.2, -0.15) is 8.62 Å². The lowest BCUT2D eigenvalue weighted by molar-refractivity contribution is -0.152. The third kappa shape index (κ3) is 5.88. The summed E-state index contributed by atoms with van der Waals surface area (Å²) in [6.07, 6.45) is -1.99. The Bertz CT molecular complexity index is 1470. The fourth-order valence-electron chi connectivity index (χ4n) is 3.99. The number of ether oxygens (including phenoxy) is 3. The van der Waals surface area contributed by atoms with Crippen LogP contribution in [-0.4, -0.2) is 64.0 Å². The van der Waals surface area contributed by atoms with Crippen molar-refractivity contribution in [3.05, 3.63) is 48.5 Å². The van der Waals surface area contributed by atoms with Crippen LogP contribution in [0.3, 0.4) is 0 Å². The highest BCUT2D eigenvalue weighted by atomic mass is 31.3. The lowest BCUT2D eigenvalue weighted by atomic mass is 10.1. The van der Waals surface area contributed by atoms with Gasteiger partial charge in [-0.1, -0.05) is 30.3 Å². The van der Waals surface area contributed by atoms with Gasteiger partial charge in [-0.3, -0.25) is 9.09 Å². The maximum absolute atomic E-state index is 12.2. The van der Waals surface area contributed by atoms with E-state index in [0.29, 0.717) is 16.7 Å². The van der Waals surface area contributed by atoms with E-state index in [-0.39, 0.29) is 5.82 Å². The van der Waals surface area contributed by atoms with Gasteiger partial charge in [0.05, 0.1) is 12.9 Å². The monoisotopic (exact) mass is 595 g/mol. The number of nitrogens with zero attached hydrogens (tertiary/aromatic N) is 4. The smallest absolute Gasteiger partial charge is 0.382 e. The summed E-state index contributed by atoms with van der Waals surface area (Å²) in [5, 5.41) is 0. The van der Waals surface area contributed by atoms with Crippen molar-refractivity contribution in [2.75, 3.05) is 12.3 Å². The van der Waals surface area contributed by atoms with Crippen LogP contribution < -0.4 is 5.73 Å². The minimum absolute atomic E-state index is 0.123. The molecule has 38 heavy (non-hydrogen) atoms. The van der Waals surface area contributed by atoms with Gasteiger partial charge in [-0.15, -0.1) is 0 Å². The molecule has 2 fully saturated rings. The van der Waals surface area contributed by atoms with Gasteiger partial charge >= 0.3 is 23.5 Å². The number of hydrogen-bond donors (Lipinski definition) is 5. The highest BCUT2D eigenvalue weighted by Crippen LogP contribution is 2.66. The second kappa shape index (κ2) is 10.1. The van der Waals surface area contributed by atoms with E-state index in [1.54, 1.807) is 30.3 Å². The van der Waals surface area contributed by atoms with Crippen molar-refractivity contribution in [1.82, 2.24) is 19.5 Å². The van der Waals surface area contributed by atoms with Crippen LogP contribution in [0, 0.1) is 0 Å². The van der Waals surface area contributed by atoms with Crippen molar-refractivity contribution in [3.8, 4) is 0 Å². The van der Waals surface area contributed by atoms with Crippen molar-refractivity contribution in [1.29, 1.82) is 0 Å². The molecular weight excluding hydrogens is 575 g/mol. The Labute approximate surface area is 212 Å². The Morgan fingerprint density at radius 1 is 0.921 bits per heavy atom. The second-order valence-corrected chi connectivity index (χ2v) is 12.4. The molecule has 2 saturated heterocycles. The number of fused-ring (bicyclic) bond motifs is 2. The van der Waals surface area contributed by atoms with E-state index in [1.807, 2.05) is 0 Å². The van der Waals surface area contributed by atoms with E-state index in [0.717, 1.165) is 0 Å². The number of phosphoric acid groups is 3. The molecule has 0 bridgehead atoms. The van der Waals surface area contributed by atoms with Crippen LogP contribution in [0.5, 0.6) is 0 Å². The van der Waals surface area contributed by atoms with Gasteiger partial charge in [0, 0.05) is 5.56 Å². The first-order chi connectivity index (χ1) is 17.8. The average molecular weight is 595 g/mol. The molecule has 2 aromatic heterocycles. The van der Waals surface area contributed by atoms with Gasteiger partial charge in [0.1, 0.15) is 30.2 Å². The van der Waals surface area contributed by atoms with Gasteiger partial charge in [0.15, 0.2) is 24.0 Å². The summed E-state index contributed by atoms with van der Waals surface area (Å²) in [6.45, 7) is -0.740. The summed E-state index contributed by atoms with van der Waals surface area (Å²) in [5.74, 6) is 0.123. The number of rotatable bonds is 9. The van der Waals surface area contributed by atoms with E-state index in [2.05, 4.69) is 23.6 Å². The Kier molecular flexibility index (Phi) is 7.30. The highest BCUT2D eigenvalue weighted by molar-refractivity contribution is 7.66. The normalized spacial score (nSPS) is 28.7. The lowest BCUT2D eigenvalue weighted by Gasteiger charge is -2.22. The first-order valence-electron chi connectivity index (χ1n) is 10.5. The van der Waals surface area contributed by atoms with E-state index < -0.39 is 60.9 Å². The molecule has 6 N–H and O–H groups in total. The van der Waals surface area contributed by atoms with E-state index in [4.69, 9.17) is 34.3 Å². The molecule has 0 amide bonds. The first-order valence-corrected chi connectivity index (χ1v) is 15.1. The average Bonchev–Trinajstić information content (AvgIpc) is 3.50. The molecule has 4 heterocycles. The van der Waals surface area contributed by atoms with Crippen LogP contribution in [-0.2, 0) is 41.1 Å². The van der Waals surface area contributed by atoms with E-state index >= 15 is 0 Å². The zero-order valence-electron chi connectivity index (χ0n) is 18.8. The molecule has 0 spiro atoms. The number of phosphoric ester groups is 1. The summed E-state index contributed by atoms with van der Waals surface area (Å²) in [7, 11) is -16.6. The fraction of sp³-hybridized carbons (Fsp3) is 0.353. The van der Waals surface area contributed by atoms with Gasteiger partial charge in [0.25, 0.3) is 0 Å². The Morgan fingerprint density at radius 2 is 1.63 bits per heavy atom. The van der Waals surface area contributed by atoms with Crippen LogP contribution in [0.15, 0.2) is 43.0 Å². The topological polar surface area (TPSA) is 257 Å². The van der Waals surface area contributed by atoms with Gasteiger partial charge in [-0.05, 0) is 0 Å². The molecule has 3 aromatic rings. The summed E-state index contributed by atoms with van der Waals surface area (Å²) >= 11 is 0. The van der Waals surface area contributed by atoms with Crippen molar-refractivity contribution in [3.63, 3.8) is 0 Å². The van der Waals surface area contributed by atoms with E-state index in [9.17, 15) is 23.5 Å². The molecule has 7 atom stereocenters. The molecule has 2 aliphatic heterocycles. The Balaban J connectivity index is 1.38. The Morgan fingerprint density at radius 3 is 2.34 bits per heavy atom. The molecule has 18 nitrogen and oxygen atoms in total. The third-order valence-electron chi connectivity index (χ3n) is 5.40. The fourth-order valence-corrected chi connectivity index (χ4v) is 7.02. The van der Waals surface area contributed by atoms with Crippen LogP contribution in [0.1, 0.15) is 18.1 Å². The van der Waals surface area contributed by atoms with Crippen molar-refractivity contribution >= 4 is 40.4 Å². The summed E-state index contributed by atoms with van der Waals surface area (Å²) in [6, 6.07) is 8.89. The number of anilines is 1. The van der Waals surface area contributed by atoms with Crippen LogP contribution >= 0.6 is 23.5 Å². The zero-order chi connectivity index (χ0) is 27.3. The quantitative estimate of drug-likeness (QED) is 0.217. The molecule has 0 aliphatic carbocycles. The number of nitrogens with two attached hydrogens (primary N) is 1. The second-order valence-electron chi connectivity index (χ2n) is 7.98. The molecule has 3 unspecified atom stereocenters. The largest absolute Gasteiger partial charge is 0.490 e. The predicted molar refractivity (Wildman–Crippen MR) is 122 cm³/mol. The zero-order valence-corrected chi connectivity index (χ0v) is 21.5. The molecule has 0 saturated carbocycles. The molecule has 2 aliphatic rings. The van der Waals surface area contributed by atoms with Crippen LogP contribution in [0.4, 0.5) is 5.82 Å². The van der Waals surface area contributed by atoms with Crippen molar-refractivity contribution in [2.45, 2.75) is 30.8 Å². The number of aromatic nitrogens is 4. The van der Waals surface area contributed by atoms with Gasteiger partial charge in [-0.25, -0.2) is 28.6 Å². The Hall–Kier alpha value is -2.14. The number of benzene rings is 1. The van der Waals surface area contributed by atoms with E-state index in [1.165, 1.54) is 17.2 Å². The number of hydrogen-bond acceptors (Lipinski definition) is 13. The summed E-state index contributed by atoms with van der Waals surface area (Å²) < 4.78 is 66.6. The van der Waals surface area contributed by atoms with Crippen molar-refractivity contribution < 1.29 is 60.6 Å². The summed E-state index contributed by atoms with van der Waals surface area (Å²) in [4.78, 5) is 48.9. The SMILES string of the molecule is Nc1ncnc2c1ncn2[C@@H]1O[C@H](COP(=O)(O)OP(=O)(O)OP(=O)(O)O)[C@H]2OC(c3ccccc3)O[C@H]21. The minimum Gasteiger partial charge on any atom is -0.382 e. The maximum Gasteiger partial charge on any atom is 0.490 e. The molecule has 5 rings (SSSR count). The third-order valence-corrected chi connectivity index (χ3v) is 9.20. The van der Waals surface area contributed by atoms with Gasteiger partial charge in [0.2, 0.25) is 0 Å². The number of imidazole rings is 1. The highest BCUT2D eigenvalue weighted by Gasteiger charge is 2.55. The molecule has 1 aromatic carbocycles. The van der Waals surface area contributed by atoms with Crippen LogP contribution in [0.25, 0.3) is 11.2 Å².